The Balaban J connectivity index is 1.96. The first-order chi connectivity index (χ1) is 13.6. The summed E-state index contributed by atoms with van der Waals surface area (Å²) in [7, 11) is 1.50. The molecule has 3 aromatic heterocycles. The van der Waals surface area contributed by atoms with Crippen LogP contribution in [-0.2, 0) is 0 Å². The van der Waals surface area contributed by atoms with Crippen LogP contribution in [0.1, 0.15) is 0 Å². The van der Waals surface area contributed by atoms with Crippen molar-refractivity contribution in [1.29, 1.82) is 0 Å². The Morgan fingerprint density at radius 1 is 1.04 bits per heavy atom. The van der Waals surface area contributed by atoms with Gasteiger partial charge in [-0.25, -0.2) is 4.98 Å². The van der Waals surface area contributed by atoms with Crippen molar-refractivity contribution in [1.82, 2.24) is 19.9 Å². The Labute approximate surface area is 168 Å². The minimum atomic E-state index is -0.00181. The summed E-state index contributed by atoms with van der Waals surface area (Å²) in [5.41, 5.74) is 3.15. The number of rotatable bonds is 2. The van der Waals surface area contributed by atoms with Crippen molar-refractivity contribution in [2.45, 2.75) is 0 Å². The summed E-state index contributed by atoms with van der Waals surface area (Å²) in [6.07, 6.45) is 3.20. The fraction of sp³-hybridized carbons (Fsp3) is 0.0500. The first kappa shape index (κ1) is 17.0. The number of hydrogen-bond donors (Lipinski definition) is 2. The summed E-state index contributed by atoms with van der Waals surface area (Å²) in [6, 6.07) is 8.97. The third-order valence-electron chi connectivity index (χ3n) is 4.69. The zero-order chi connectivity index (χ0) is 19.4. The number of H-pyrrole nitrogens is 1. The molecule has 0 radical (unpaired) electrons. The number of methoxy groups -OCH3 is 1. The summed E-state index contributed by atoms with van der Waals surface area (Å²) in [5, 5.41) is 12.7. The van der Waals surface area contributed by atoms with Crippen molar-refractivity contribution in [3.8, 4) is 22.9 Å². The van der Waals surface area contributed by atoms with Gasteiger partial charge in [0.15, 0.2) is 11.5 Å². The van der Waals surface area contributed by atoms with Crippen LogP contribution in [0, 0.1) is 0 Å². The first-order valence-corrected chi connectivity index (χ1v) is 9.12. The summed E-state index contributed by atoms with van der Waals surface area (Å²) in [5.74, 6) is 0.829. The number of nitrogens with one attached hydrogen (secondary N) is 1. The molecule has 0 spiro atoms. The summed E-state index contributed by atoms with van der Waals surface area (Å²) < 4.78 is 5.21. The molecule has 0 atom stereocenters. The average Bonchev–Trinajstić information content (AvgIpc) is 3.15. The zero-order valence-electron chi connectivity index (χ0n) is 14.5. The number of imidazole rings is 1. The molecule has 3 heterocycles. The molecule has 8 heteroatoms. The summed E-state index contributed by atoms with van der Waals surface area (Å²) in [4.78, 5) is 16.9. The van der Waals surface area contributed by atoms with E-state index < -0.39 is 0 Å². The number of phenolic OH excluding ortho intramolecular Hbond substituents is 1. The molecule has 5 rings (SSSR count). The van der Waals surface area contributed by atoms with E-state index in [1.807, 2.05) is 12.1 Å². The lowest BCUT2D eigenvalue weighted by Gasteiger charge is -2.07. The van der Waals surface area contributed by atoms with E-state index in [2.05, 4.69) is 15.0 Å². The number of pyridine rings is 2. The second-order valence-corrected chi connectivity index (χ2v) is 6.99. The molecule has 0 aliphatic carbocycles. The fourth-order valence-corrected chi connectivity index (χ4v) is 3.79. The number of benzene rings is 2. The van der Waals surface area contributed by atoms with Gasteiger partial charge in [0.25, 0.3) is 0 Å². The van der Waals surface area contributed by atoms with Crippen molar-refractivity contribution in [2.24, 2.45) is 0 Å². The van der Waals surface area contributed by atoms with Crippen molar-refractivity contribution in [2.75, 3.05) is 7.11 Å². The van der Waals surface area contributed by atoms with Crippen LogP contribution in [0.4, 0.5) is 0 Å². The summed E-state index contributed by atoms with van der Waals surface area (Å²) >= 11 is 12.7. The molecule has 0 aliphatic heterocycles. The van der Waals surface area contributed by atoms with Gasteiger partial charge in [0, 0.05) is 23.2 Å². The largest absolute Gasteiger partial charge is 0.504 e. The monoisotopic (exact) mass is 410 g/mol. The molecule has 0 saturated carbocycles. The highest BCUT2D eigenvalue weighted by Crippen LogP contribution is 2.41. The Hall–Kier alpha value is -3.09. The highest BCUT2D eigenvalue weighted by molar-refractivity contribution is 6.47. The number of halogens is 2. The minimum absolute atomic E-state index is 0.00181. The van der Waals surface area contributed by atoms with Crippen molar-refractivity contribution < 1.29 is 9.84 Å². The lowest BCUT2D eigenvalue weighted by atomic mass is 10.1. The molecule has 6 nitrogen and oxygen atoms in total. The number of para-hydroxylation sites is 1. The van der Waals surface area contributed by atoms with Crippen LogP contribution in [0.3, 0.4) is 0 Å². The predicted molar refractivity (Wildman–Crippen MR) is 110 cm³/mol. The Kier molecular flexibility index (Phi) is 3.79. The molecule has 2 aromatic carbocycles. The van der Waals surface area contributed by atoms with Gasteiger partial charge >= 0.3 is 0 Å². The van der Waals surface area contributed by atoms with Gasteiger partial charge in [-0.15, -0.1) is 0 Å². The second-order valence-electron chi connectivity index (χ2n) is 6.21. The molecule has 0 fully saturated rings. The quantitative estimate of drug-likeness (QED) is 0.383. The normalized spacial score (nSPS) is 11.5. The van der Waals surface area contributed by atoms with Crippen molar-refractivity contribution in [3.63, 3.8) is 0 Å². The van der Waals surface area contributed by atoms with E-state index in [1.165, 1.54) is 13.3 Å². The van der Waals surface area contributed by atoms with Gasteiger partial charge in [-0.1, -0.05) is 29.3 Å². The van der Waals surface area contributed by atoms with Gasteiger partial charge in [-0.2, -0.15) is 0 Å². The molecule has 5 aromatic rings. The molecule has 138 valence electrons. The number of phenols is 1. The predicted octanol–water partition coefficient (Wildman–Crippen LogP) is 5.35. The number of aromatic hydroxyl groups is 1. The third kappa shape index (κ3) is 2.32. The zero-order valence-corrected chi connectivity index (χ0v) is 16.0. The van der Waals surface area contributed by atoms with Gasteiger partial charge < -0.3 is 14.8 Å². The van der Waals surface area contributed by atoms with Gasteiger partial charge in [-0.05, 0) is 24.3 Å². The number of nitrogens with zero attached hydrogens (tertiary/aromatic N) is 3. The molecular formula is C20H12Cl2N4O2. The van der Waals surface area contributed by atoms with Gasteiger partial charge in [0.2, 0.25) is 0 Å². The van der Waals surface area contributed by atoms with Crippen LogP contribution in [0.5, 0.6) is 11.5 Å². The molecular weight excluding hydrogens is 399 g/mol. The summed E-state index contributed by atoms with van der Waals surface area (Å²) in [6.45, 7) is 0. The highest BCUT2D eigenvalue weighted by Gasteiger charge is 2.20. The molecule has 0 aliphatic rings. The van der Waals surface area contributed by atoms with E-state index in [4.69, 9.17) is 32.9 Å². The lowest BCUT2D eigenvalue weighted by Crippen LogP contribution is -1.89. The van der Waals surface area contributed by atoms with Gasteiger partial charge in [0.05, 0.1) is 39.3 Å². The van der Waals surface area contributed by atoms with Crippen LogP contribution in [0.15, 0.2) is 42.7 Å². The number of ether oxygens (including phenoxy) is 1. The number of fused-ring (bicyclic) bond motifs is 6. The number of aromatic amines is 1. The smallest absolute Gasteiger partial charge is 0.168 e. The van der Waals surface area contributed by atoms with E-state index in [-0.39, 0.29) is 5.75 Å². The van der Waals surface area contributed by atoms with Gasteiger partial charge in [0.1, 0.15) is 11.3 Å². The van der Waals surface area contributed by atoms with Crippen LogP contribution < -0.4 is 4.74 Å². The van der Waals surface area contributed by atoms with Gasteiger partial charge in [-0.3, -0.25) is 9.97 Å². The van der Waals surface area contributed by atoms with E-state index >= 15 is 0 Å². The van der Waals surface area contributed by atoms with E-state index in [1.54, 1.807) is 24.4 Å². The molecule has 2 N–H and O–H groups in total. The van der Waals surface area contributed by atoms with Crippen LogP contribution in [0.25, 0.3) is 44.2 Å². The van der Waals surface area contributed by atoms with Crippen molar-refractivity contribution in [3.05, 3.63) is 52.8 Å². The van der Waals surface area contributed by atoms with E-state index in [0.717, 1.165) is 5.39 Å². The SMILES string of the molecule is COc1cccc(-c2nc3c4cccnc4c4ncc(Cl)c(Cl)c4c3[nH]2)c1O. The number of hydrogen-bond acceptors (Lipinski definition) is 5. The van der Waals surface area contributed by atoms with Crippen LogP contribution in [0.2, 0.25) is 10.0 Å². The topological polar surface area (TPSA) is 83.9 Å². The lowest BCUT2D eigenvalue weighted by molar-refractivity contribution is 0.374. The molecule has 0 bridgehead atoms. The Bertz CT molecular complexity index is 1400. The van der Waals surface area contributed by atoms with E-state index in [9.17, 15) is 5.11 Å². The van der Waals surface area contributed by atoms with E-state index in [0.29, 0.717) is 54.6 Å². The van der Waals surface area contributed by atoms with Crippen LogP contribution >= 0.6 is 23.2 Å². The molecule has 0 unspecified atom stereocenters. The maximum absolute atomic E-state index is 10.5. The first-order valence-electron chi connectivity index (χ1n) is 8.36. The maximum Gasteiger partial charge on any atom is 0.168 e. The second kappa shape index (κ2) is 6.22. The molecule has 0 amide bonds. The number of aromatic nitrogens is 4. The maximum atomic E-state index is 10.5. The Morgan fingerprint density at radius 2 is 1.89 bits per heavy atom. The third-order valence-corrected chi connectivity index (χ3v) is 5.46. The highest BCUT2D eigenvalue weighted by atomic mass is 35.5. The molecule has 28 heavy (non-hydrogen) atoms. The minimum Gasteiger partial charge on any atom is -0.504 e. The standard InChI is InChI=1S/C20H12Cl2N4O2/c1-28-12-6-2-4-10(19(12)27)20-25-16-9-5-3-7-23-15(9)17-13(18(16)26-20)14(22)11(21)8-24-17/h2-8,27H,1H3,(H,25,26). The Morgan fingerprint density at radius 3 is 2.71 bits per heavy atom. The molecule has 0 saturated heterocycles. The average molecular weight is 411 g/mol. The van der Waals surface area contributed by atoms with Crippen LogP contribution in [-0.4, -0.2) is 32.2 Å². The van der Waals surface area contributed by atoms with Crippen molar-refractivity contribution >= 4 is 56.0 Å². The fourth-order valence-electron chi connectivity index (χ4n) is 3.41.